The summed E-state index contributed by atoms with van der Waals surface area (Å²) in [6.07, 6.45) is 3.87. The van der Waals surface area contributed by atoms with Crippen LogP contribution in [0.3, 0.4) is 0 Å². The normalized spacial score (nSPS) is 16.7. The minimum atomic E-state index is -3.47. The number of nitrogens with zero attached hydrogens (tertiary/aromatic N) is 1. The van der Waals surface area contributed by atoms with Gasteiger partial charge in [-0.05, 0) is 31.2 Å². The van der Waals surface area contributed by atoms with Crippen LogP contribution in [0.25, 0.3) is 0 Å². The van der Waals surface area contributed by atoms with E-state index in [1.165, 1.54) is 0 Å². The molecule has 7 heteroatoms. The van der Waals surface area contributed by atoms with E-state index in [1.807, 2.05) is 11.2 Å². The first-order valence-corrected chi connectivity index (χ1v) is 10.2. The van der Waals surface area contributed by atoms with Gasteiger partial charge in [0.05, 0.1) is 4.90 Å². The van der Waals surface area contributed by atoms with Gasteiger partial charge in [-0.2, -0.15) is 11.8 Å². The van der Waals surface area contributed by atoms with Crippen LogP contribution in [0, 0.1) is 0 Å². The highest BCUT2D eigenvalue weighted by Gasteiger charge is 2.26. The number of piperidine rings is 1. The van der Waals surface area contributed by atoms with E-state index in [0.717, 1.165) is 5.75 Å². The van der Waals surface area contributed by atoms with E-state index in [4.69, 9.17) is 0 Å². The van der Waals surface area contributed by atoms with E-state index < -0.39 is 10.0 Å². The Morgan fingerprint density at radius 1 is 1.27 bits per heavy atom. The fourth-order valence-electron chi connectivity index (χ4n) is 2.48. The largest absolute Gasteiger partial charge is 0.343 e. The molecule has 0 unspecified atom stereocenters. The molecule has 0 atom stereocenters. The molecule has 122 valence electrons. The molecular formula is C15H22N2O3S2. The lowest BCUT2D eigenvalue weighted by Gasteiger charge is -2.32. The van der Waals surface area contributed by atoms with Gasteiger partial charge in [0.25, 0.3) is 0 Å². The maximum absolute atomic E-state index is 12.3. The van der Waals surface area contributed by atoms with Crippen LogP contribution in [0.2, 0.25) is 0 Å². The third-order valence-corrected chi connectivity index (χ3v) is 5.89. The standard InChI is InChI=1S/C15H22N2O3S2/c1-21-12-9-15(18)17-10-7-13(8-11-17)16-22(19,20)14-5-3-2-4-6-14/h2-6,13,16H,7-12H2,1H3. The molecule has 0 spiro atoms. The number of carbonyl (C=O) groups excluding carboxylic acids is 1. The second-order valence-corrected chi connectivity index (χ2v) is 8.03. The van der Waals surface area contributed by atoms with Gasteiger partial charge >= 0.3 is 0 Å². The van der Waals surface area contributed by atoms with Crippen molar-refractivity contribution >= 4 is 27.7 Å². The Hall–Kier alpha value is -1.05. The Kier molecular flexibility index (Phi) is 6.28. The van der Waals surface area contributed by atoms with E-state index in [-0.39, 0.29) is 16.8 Å². The number of rotatable bonds is 6. The fourth-order valence-corrected chi connectivity index (χ4v) is 4.19. The maximum Gasteiger partial charge on any atom is 0.240 e. The van der Waals surface area contributed by atoms with E-state index >= 15 is 0 Å². The van der Waals surface area contributed by atoms with Gasteiger partial charge in [-0.25, -0.2) is 13.1 Å². The van der Waals surface area contributed by atoms with Crippen LogP contribution in [0.15, 0.2) is 35.2 Å². The summed E-state index contributed by atoms with van der Waals surface area (Å²) in [4.78, 5) is 14.1. The summed E-state index contributed by atoms with van der Waals surface area (Å²) < 4.78 is 27.3. The van der Waals surface area contributed by atoms with Crippen molar-refractivity contribution in [2.45, 2.75) is 30.2 Å². The van der Waals surface area contributed by atoms with Crippen LogP contribution in [0.5, 0.6) is 0 Å². The third kappa shape index (κ3) is 4.72. The number of benzene rings is 1. The van der Waals surface area contributed by atoms with E-state index in [0.29, 0.717) is 32.4 Å². The monoisotopic (exact) mass is 342 g/mol. The van der Waals surface area contributed by atoms with Gasteiger partial charge < -0.3 is 4.90 Å². The molecule has 0 radical (unpaired) electrons. The summed E-state index contributed by atoms with van der Waals surface area (Å²) >= 11 is 1.66. The topological polar surface area (TPSA) is 66.5 Å². The van der Waals surface area contributed by atoms with Gasteiger partial charge in [-0.15, -0.1) is 0 Å². The molecular weight excluding hydrogens is 320 g/mol. The molecule has 1 N–H and O–H groups in total. The SMILES string of the molecule is CSCCC(=O)N1CCC(NS(=O)(=O)c2ccccc2)CC1. The lowest BCUT2D eigenvalue weighted by Crippen LogP contribution is -2.46. The predicted octanol–water partition coefficient (Wildman–Crippen LogP) is 1.71. The van der Waals surface area contributed by atoms with Crippen molar-refractivity contribution < 1.29 is 13.2 Å². The first-order valence-electron chi connectivity index (χ1n) is 7.37. The molecule has 1 amide bonds. The van der Waals surface area contributed by atoms with E-state index in [2.05, 4.69) is 4.72 Å². The third-order valence-electron chi connectivity index (χ3n) is 3.74. The molecule has 5 nitrogen and oxygen atoms in total. The van der Waals surface area contributed by atoms with Crippen molar-refractivity contribution in [3.63, 3.8) is 0 Å². The highest BCUT2D eigenvalue weighted by atomic mass is 32.2. The number of nitrogens with one attached hydrogen (secondary N) is 1. The number of carbonyl (C=O) groups is 1. The van der Waals surface area contributed by atoms with Crippen molar-refractivity contribution in [2.24, 2.45) is 0 Å². The highest BCUT2D eigenvalue weighted by molar-refractivity contribution is 7.98. The molecule has 22 heavy (non-hydrogen) atoms. The van der Waals surface area contributed by atoms with Crippen LogP contribution in [0.4, 0.5) is 0 Å². The Balaban J connectivity index is 1.86. The molecule has 1 aromatic rings. The van der Waals surface area contributed by atoms with Gasteiger partial charge in [0, 0.05) is 31.3 Å². The summed E-state index contributed by atoms with van der Waals surface area (Å²) in [5, 5.41) is 0. The summed E-state index contributed by atoms with van der Waals surface area (Å²) in [5.74, 6) is 0.998. The number of amides is 1. The second-order valence-electron chi connectivity index (χ2n) is 5.33. The van der Waals surface area contributed by atoms with E-state index in [1.54, 1.807) is 42.1 Å². The fraction of sp³-hybridized carbons (Fsp3) is 0.533. The molecule has 0 bridgehead atoms. The number of hydrogen-bond donors (Lipinski definition) is 1. The van der Waals surface area contributed by atoms with Crippen molar-refractivity contribution in [1.82, 2.24) is 9.62 Å². The van der Waals surface area contributed by atoms with Crippen molar-refractivity contribution in [2.75, 3.05) is 25.1 Å². The van der Waals surface area contributed by atoms with Gasteiger partial charge in [0.1, 0.15) is 0 Å². The molecule has 0 saturated carbocycles. The summed E-state index contributed by atoms with van der Waals surface area (Å²) in [6.45, 7) is 1.24. The number of thioether (sulfide) groups is 1. The summed E-state index contributed by atoms with van der Waals surface area (Å²) in [7, 11) is -3.47. The highest BCUT2D eigenvalue weighted by Crippen LogP contribution is 2.16. The lowest BCUT2D eigenvalue weighted by molar-refractivity contribution is -0.131. The number of sulfonamides is 1. The molecule has 1 aliphatic heterocycles. The molecule has 1 saturated heterocycles. The molecule has 0 aliphatic carbocycles. The number of hydrogen-bond acceptors (Lipinski definition) is 4. The van der Waals surface area contributed by atoms with Gasteiger partial charge in [-0.3, -0.25) is 4.79 Å². The average molecular weight is 342 g/mol. The lowest BCUT2D eigenvalue weighted by atomic mass is 10.1. The molecule has 1 fully saturated rings. The maximum atomic E-state index is 12.3. The predicted molar refractivity (Wildman–Crippen MR) is 89.4 cm³/mol. The van der Waals surface area contributed by atoms with Crippen LogP contribution in [0.1, 0.15) is 19.3 Å². The van der Waals surface area contributed by atoms with Crippen LogP contribution in [-0.4, -0.2) is 50.4 Å². The van der Waals surface area contributed by atoms with Crippen LogP contribution in [-0.2, 0) is 14.8 Å². The quantitative estimate of drug-likeness (QED) is 0.855. The molecule has 1 aromatic carbocycles. The molecule has 1 heterocycles. The second kappa shape index (κ2) is 7.99. The van der Waals surface area contributed by atoms with E-state index in [9.17, 15) is 13.2 Å². The zero-order valence-electron chi connectivity index (χ0n) is 12.7. The smallest absolute Gasteiger partial charge is 0.240 e. The first kappa shape index (κ1) is 17.3. The van der Waals surface area contributed by atoms with Crippen molar-refractivity contribution in [3.8, 4) is 0 Å². The number of likely N-dealkylation sites (tertiary alicyclic amines) is 1. The Morgan fingerprint density at radius 3 is 2.50 bits per heavy atom. The zero-order chi connectivity index (χ0) is 16.0. The minimum absolute atomic E-state index is 0.102. The van der Waals surface area contributed by atoms with Crippen molar-refractivity contribution in [1.29, 1.82) is 0 Å². The molecule has 1 aliphatic rings. The minimum Gasteiger partial charge on any atom is -0.343 e. The first-order chi connectivity index (χ1) is 10.5. The van der Waals surface area contributed by atoms with Gasteiger partial charge in [-0.1, -0.05) is 18.2 Å². The summed E-state index contributed by atoms with van der Waals surface area (Å²) in [6, 6.07) is 8.28. The zero-order valence-corrected chi connectivity index (χ0v) is 14.3. The molecule has 2 rings (SSSR count). The van der Waals surface area contributed by atoms with Crippen LogP contribution >= 0.6 is 11.8 Å². The average Bonchev–Trinajstić information content (AvgIpc) is 2.54. The Morgan fingerprint density at radius 2 is 1.91 bits per heavy atom. The van der Waals surface area contributed by atoms with Gasteiger partial charge in [0.15, 0.2) is 0 Å². The van der Waals surface area contributed by atoms with Gasteiger partial charge in [0.2, 0.25) is 15.9 Å². The Labute approximate surface area is 136 Å². The molecule has 0 aromatic heterocycles. The van der Waals surface area contributed by atoms with Crippen LogP contribution < -0.4 is 4.72 Å². The van der Waals surface area contributed by atoms with Crippen molar-refractivity contribution in [3.05, 3.63) is 30.3 Å². The summed E-state index contributed by atoms with van der Waals surface area (Å²) in [5.41, 5.74) is 0. The Bertz CT molecular complexity index is 582.